The molecule has 1 aliphatic rings. The average molecular weight is 322 g/mol. The van der Waals surface area contributed by atoms with Crippen LogP contribution in [-0.4, -0.2) is 30.1 Å². The normalized spacial score (nSPS) is 15.0. The number of carboxylic acid groups (broad SMARTS) is 1. The zero-order valence-corrected chi connectivity index (χ0v) is 13.6. The monoisotopic (exact) mass is 322 g/mol. The number of hydrogen-bond acceptors (Lipinski definition) is 4. The Hall–Kier alpha value is -1.82. The van der Waals surface area contributed by atoms with E-state index in [9.17, 15) is 9.59 Å². The predicted molar refractivity (Wildman–Crippen MR) is 88.7 cm³/mol. The summed E-state index contributed by atoms with van der Waals surface area (Å²) >= 11 is 1.58. The Labute approximate surface area is 134 Å². The molecule has 1 amide bonds. The van der Waals surface area contributed by atoms with Crippen molar-refractivity contribution in [3.05, 3.63) is 28.7 Å². The average Bonchev–Trinajstić information content (AvgIpc) is 2.85. The Balaban J connectivity index is 2.42. The fourth-order valence-electron chi connectivity index (χ4n) is 2.83. The first-order valence-corrected chi connectivity index (χ1v) is 8.30. The molecule has 5 nitrogen and oxygen atoms in total. The van der Waals surface area contributed by atoms with E-state index in [1.54, 1.807) is 24.3 Å². The van der Waals surface area contributed by atoms with Gasteiger partial charge in [-0.1, -0.05) is 13.0 Å². The highest BCUT2D eigenvalue weighted by molar-refractivity contribution is 7.16. The third-order valence-corrected chi connectivity index (χ3v) is 5.30. The lowest BCUT2D eigenvalue weighted by Crippen LogP contribution is -2.33. The number of rotatable bonds is 7. The number of nitrogens with two attached hydrogens (primary N) is 1. The molecular formula is C16H22N2O3S. The van der Waals surface area contributed by atoms with E-state index in [2.05, 4.69) is 6.58 Å². The van der Waals surface area contributed by atoms with Crippen LogP contribution >= 0.6 is 11.3 Å². The molecule has 2 rings (SSSR count). The van der Waals surface area contributed by atoms with Crippen LogP contribution < -0.4 is 10.6 Å². The van der Waals surface area contributed by atoms with Crippen LogP contribution in [0.4, 0.5) is 5.00 Å². The maximum absolute atomic E-state index is 11.9. The second kappa shape index (κ2) is 6.96. The fourth-order valence-corrected chi connectivity index (χ4v) is 4.24. The van der Waals surface area contributed by atoms with Gasteiger partial charge in [0.1, 0.15) is 5.00 Å². The molecule has 0 spiro atoms. The number of hydrogen-bond donors (Lipinski definition) is 2. The molecule has 1 aliphatic carbocycles. The fraction of sp³-hybridized carbons (Fsp3) is 0.500. The molecular weight excluding hydrogens is 300 g/mol. The van der Waals surface area contributed by atoms with Crippen molar-refractivity contribution < 1.29 is 14.7 Å². The van der Waals surface area contributed by atoms with Gasteiger partial charge in [0, 0.05) is 18.0 Å². The molecule has 0 fully saturated rings. The Bertz CT molecular complexity index is 594. The van der Waals surface area contributed by atoms with Gasteiger partial charge < -0.3 is 15.7 Å². The first-order valence-electron chi connectivity index (χ1n) is 7.48. The van der Waals surface area contributed by atoms with Crippen LogP contribution in [0.1, 0.15) is 40.6 Å². The van der Waals surface area contributed by atoms with Crippen LogP contribution in [0.3, 0.4) is 0 Å². The molecule has 1 unspecified atom stereocenters. The smallest absolute Gasteiger partial charge is 0.308 e. The van der Waals surface area contributed by atoms with Crippen molar-refractivity contribution in [2.45, 2.75) is 32.6 Å². The van der Waals surface area contributed by atoms with Crippen LogP contribution in [0.5, 0.6) is 0 Å². The van der Waals surface area contributed by atoms with E-state index >= 15 is 0 Å². The highest BCUT2D eigenvalue weighted by Crippen LogP contribution is 2.40. The molecule has 22 heavy (non-hydrogen) atoms. The molecule has 6 heteroatoms. The van der Waals surface area contributed by atoms with Crippen molar-refractivity contribution in [2.24, 2.45) is 11.7 Å². The molecule has 0 radical (unpaired) electrons. The zero-order valence-electron chi connectivity index (χ0n) is 12.8. The number of thiophene rings is 1. The Morgan fingerprint density at radius 3 is 2.73 bits per heavy atom. The van der Waals surface area contributed by atoms with E-state index in [1.807, 2.05) is 4.90 Å². The summed E-state index contributed by atoms with van der Waals surface area (Å²) in [4.78, 5) is 26.2. The highest BCUT2D eigenvalue weighted by atomic mass is 32.1. The van der Waals surface area contributed by atoms with Gasteiger partial charge in [-0.25, -0.2) is 0 Å². The number of carbonyl (C=O) groups excluding carboxylic acids is 1. The van der Waals surface area contributed by atoms with Gasteiger partial charge >= 0.3 is 5.97 Å². The summed E-state index contributed by atoms with van der Waals surface area (Å²) < 4.78 is 0. The summed E-state index contributed by atoms with van der Waals surface area (Å²) in [6, 6.07) is 0. The Morgan fingerprint density at radius 2 is 2.14 bits per heavy atom. The topological polar surface area (TPSA) is 83.6 Å². The van der Waals surface area contributed by atoms with E-state index in [0.717, 1.165) is 36.2 Å². The molecule has 1 aromatic heterocycles. The predicted octanol–water partition coefficient (Wildman–Crippen LogP) is 2.44. The van der Waals surface area contributed by atoms with Gasteiger partial charge in [-0.3, -0.25) is 9.59 Å². The highest BCUT2D eigenvalue weighted by Gasteiger charge is 2.28. The van der Waals surface area contributed by atoms with Crippen molar-refractivity contribution in [3.63, 3.8) is 0 Å². The van der Waals surface area contributed by atoms with Gasteiger partial charge in [-0.2, -0.15) is 0 Å². The number of fused-ring (bicyclic) bond motifs is 1. The number of anilines is 1. The zero-order chi connectivity index (χ0) is 16.3. The van der Waals surface area contributed by atoms with E-state index in [1.165, 1.54) is 4.88 Å². The second-order valence-corrected chi connectivity index (χ2v) is 6.77. The van der Waals surface area contributed by atoms with Crippen LogP contribution in [0.15, 0.2) is 12.7 Å². The number of primary amides is 1. The molecule has 0 bridgehead atoms. The first kappa shape index (κ1) is 16.5. The summed E-state index contributed by atoms with van der Waals surface area (Å²) in [5, 5.41) is 9.94. The maximum Gasteiger partial charge on any atom is 0.308 e. The number of carbonyl (C=O) groups is 2. The maximum atomic E-state index is 11.9. The van der Waals surface area contributed by atoms with E-state index in [-0.39, 0.29) is 0 Å². The lowest BCUT2D eigenvalue weighted by molar-refractivity contribution is -0.140. The van der Waals surface area contributed by atoms with Gasteiger partial charge in [-0.15, -0.1) is 17.9 Å². The summed E-state index contributed by atoms with van der Waals surface area (Å²) in [5.74, 6) is -1.80. The molecule has 0 aromatic carbocycles. The standard InChI is InChI=1S/C16H22N2O3S/c1-3-8-18(9-10(2)16(20)21)15-13(14(17)19)11-6-4-5-7-12(11)22-15/h3,10H,1,4-9H2,2H3,(H2,17,19)(H,20,21). The number of aryl methyl sites for hydroxylation is 1. The Kier molecular flexibility index (Phi) is 5.24. The van der Waals surface area contributed by atoms with Gasteiger partial charge in [0.25, 0.3) is 5.91 Å². The SMILES string of the molecule is C=CCN(CC(C)C(=O)O)c1sc2c(c1C(N)=O)CCCC2. The van der Waals surface area contributed by atoms with Crippen molar-refractivity contribution >= 4 is 28.2 Å². The quantitative estimate of drug-likeness (QED) is 0.755. The molecule has 0 saturated carbocycles. The van der Waals surface area contributed by atoms with Gasteiger partial charge in [0.15, 0.2) is 0 Å². The van der Waals surface area contributed by atoms with Crippen molar-refractivity contribution in [1.82, 2.24) is 0 Å². The summed E-state index contributed by atoms with van der Waals surface area (Å²) in [6.45, 7) is 6.23. The van der Waals surface area contributed by atoms with Gasteiger partial charge in [0.2, 0.25) is 0 Å². The van der Waals surface area contributed by atoms with Gasteiger partial charge in [-0.05, 0) is 31.2 Å². The third-order valence-electron chi connectivity index (χ3n) is 3.95. The molecule has 1 heterocycles. The van der Waals surface area contributed by atoms with Crippen LogP contribution in [0.25, 0.3) is 0 Å². The third kappa shape index (κ3) is 3.32. The van der Waals surface area contributed by atoms with E-state index < -0.39 is 17.8 Å². The summed E-state index contributed by atoms with van der Waals surface area (Å²) in [6.07, 6.45) is 5.75. The number of aliphatic carboxylic acids is 1. The molecule has 3 N–H and O–H groups in total. The number of nitrogens with zero attached hydrogens (tertiary/aromatic N) is 1. The van der Waals surface area contributed by atoms with Gasteiger partial charge in [0.05, 0.1) is 11.5 Å². The Morgan fingerprint density at radius 1 is 1.45 bits per heavy atom. The van der Waals surface area contributed by atoms with Crippen molar-refractivity contribution in [2.75, 3.05) is 18.0 Å². The van der Waals surface area contributed by atoms with Crippen LogP contribution in [0.2, 0.25) is 0 Å². The first-order chi connectivity index (χ1) is 10.5. The lowest BCUT2D eigenvalue weighted by Gasteiger charge is -2.24. The number of amides is 1. The molecule has 0 saturated heterocycles. The molecule has 1 atom stereocenters. The minimum absolute atomic E-state index is 0.334. The summed E-state index contributed by atoms with van der Waals surface area (Å²) in [5.41, 5.74) is 7.25. The minimum atomic E-state index is -0.851. The number of carboxylic acids is 1. The molecule has 120 valence electrons. The molecule has 0 aliphatic heterocycles. The van der Waals surface area contributed by atoms with Crippen molar-refractivity contribution in [3.8, 4) is 0 Å². The lowest BCUT2D eigenvalue weighted by atomic mass is 9.95. The van der Waals surface area contributed by atoms with Crippen molar-refractivity contribution in [1.29, 1.82) is 0 Å². The second-order valence-electron chi connectivity index (χ2n) is 5.69. The van der Waals surface area contributed by atoms with Crippen LogP contribution in [0, 0.1) is 5.92 Å². The largest absolute Gasteiger partial charge is 0.481 e. The van der Waals surface area contributed by atoms with Crippen LogP contribution in [-0.2, 0) is 17.6 Å². The van der Waals surface area contributed by atoms with E-state index in [4.69, 9.17) is 10.8 Å². The molecule has 1 aromatic rings. The minimum Gasteiger partial charge on any atom is -0.481 e. The van der Waals surface area contributed by atoms with E-state index in [0.29, 0.717) is 18.7 Å². The summed E-state index contributed by atoms with van der Waals surface area (Å²) in [7, 11) is 0.